The fourth-order valence-corrected chi connectivity index (χ4v) is 3.12. The van der Waals surface area contributed by atoms with Crippen LogP contribution in [0.4, 0.5) is 0 Å². The molecule has 4 aromatic rings. The number of carbonyl (C=O) groups is 1. The summed E-state index contributed by atoms with van der Waals surface area (Å²) >= 11 is 0. The number of nitrogens with zero attached hydrogens (tertiary/aromatic N) is 3. The van der Waals surface area contributed by atoms with E-state index in [1.165, 1.54) is 0 Å². The van der Waals surface area contributed by atoms with Gasteiger partial charge >= 0.3 is 0 Å². The van der Waals surface area contributed by atoms with Gasteiger partial charge in [0.25, 0.3) is 5.56 Å². The third kappa shape index (κ3) is 2.69. The zero-order valence-electron chi connectivity index (χ0n) is 14.5. The molecule has 4 aromatic heterocycles. The van der Waals surface area contributed by atoms with Gasteiger partial charge in [0.05, 0.1) is 23.4 Å². The lowest BCUT2D eigenvalue weighted by molar-refractivity contribution is -0.121. The monoisotopic (exact) mass is 354 g/mol. The maximum Gasteiger partial charge on any atom is 0.291 e. The molecule has 0 spiro atoms. The Morgan fingerprint density at radius 3 is 3.00 bits per heavy atom. The largest absolute Gasteiger partial charge is 0.469 e. The molecule has 0 aliphatic carbocycles. The van der Waals surface area contributed by atoms with E-state index in [9.17, 15) is 9.59 Å². The zero-order valence-corrected chi connectivity index (χ0v) is 14.5. The molecule has 8 heteroatoms. The second-order valence-electron chi connectivity index (χ2n) is 6.18. The maximum absolute atomic E-state index is 12.7. The molecule has 0 bridgehead atoms. The number of fused-ring (bicyclic) bond motifs is 3. The first-order valence-corrected chi connectivity index (χ1v) is 8.28. The van der Waals surface area contributed by atoms with Crippen LogP contribution in [0, 0.1) is 6.92 Å². The van der Waals surface area contributed by atoms with E-state index < -0.39 is 0 Å². The Hall–Kier alpha value is -3.29. The molecular weight excluding hydrogens is 336 g/mol. The van der Waals surface area contributed by atoms with Crippen LogP contribution in [0.25, 0.3) is 22.0 Å². The van der Waals surface area contributed by atoms with E-state index in [0.717, 1.165) is 21.7 Å². The maximum atomic E-state index is 12.7. The molecule has 0 radical (unpaired) electrons. The summed E-state index contributed by atoms with van der Waals surface area (Å²) in [5, 5.41) is 7.54. The van der Waals surface area contributed by atoms with Crippen molar-refractivity contribution in [3.8, 4) is 0 Å². The second-order valence-corrected chi connectivity index (χ2v) is 6.18. The van der Waals surface area contributed by atoms with Gasteiger partial charge < -0.3 is 18.7 Å². The van der Waals surface area contributed by atoms with E-state index in [1.807, 2.05) is 19.1 Å². The highest BCUT2D eigenvalue weighted by atomic mass is 16.3. The van der Waals surface area contributed by atoms with Gasteiger partial charge in [-0.2, -0.15) is 5.10 Å². The van der Waals surface area contributed by atoms with Gasteiger partial charge in [-0.05, 0) is 19.1 Å². The van der Waals surface area contributed by atoms with Gasteiger partial charge in [-0.1, -0.05) is 0 Å². The Balaban J connectivity index is 1.55. The number of rotatable bonds is 5. The average Bonchev–Trinajstić information content (AvgIpc) is 3.30. The van der Waals surface area contributed by atoms with Gasteiger partial charge in [0.1, 0.15) is 23.6 Å². The standard InChI is InChI=1S/C18H18N4O4/c1-11-8-14-17(26-11)13-9-20-22(18(24)16(13)21(14)2)10-15(23)19-6-5-12-4-3-7-25-12/h3-4,7-9H,5-6,10H2,1-2H3,(H,19,23). The van der Waals surface area contributed by atoms with E-state index in [4.69, 9.17) is 8.83 Å². The first-order chi connectivity index (χ1) is 12.5. The average molecular weight is 354 g/mol. The highest BCUT2D eigenvalue weighted by molar-refractivity contribution is 6.04. The van der Waals surface area contributed by atoms with Crippen LogP contribution >= 0.6 is 0 Å². The number of furan rings is 2. The summed E-state index contributed by atoms with van der Waals surface area (Å²) in [7, 11) is 1.80. The van der Waals surface area contributed by atoms with Crippen LogP contribution in [0.3, 0.4) is 0 Å². The Kier molecular flexibility index (Phi) is 3.87. The SMILES string of the molecule is Cc1cc2c(o1)c1cnn(CC(=O)NCCc3ccco3)c(=O)c1n2C. The van der Waals surface area contributed by atoms with Gasteiger partial charge in [-0.15, -0.1) is 0 Å². The predicted octanol–water partition coefficient (Wildman–Crippen LogP) is 1.74. The molecule has 0 aromatic carbocycles. The third-order valence-corrected chi connectivity index (χ3v) is 4.36. The summed E-state index contributed by atoms with van der Waals surface area (Å²) < 4.78 is 13.8. The van der Waals surface area contributed by atoms with Crippen molar-refractivity contribution in [2.45, 2.75) is 19.9 Å². The van der Waals surface area contributed by atoms with Gasteiger partial charge in [0.15, 0.2) is 5.58 Å². The molecule has 0 saturated heterocycles. The van der Waals surface area contributed by atoms with Crippen molar-refractivity contribution < 1.29 is 13.6 Å². The van der Waals surface area contributed by atoms with Crippen LogP contribution < -0.4 is 10.9 Å². The molecule has 4 rings (SSSR count). The lowest BCUT2D eigenvalue weighted by Gasteiger charge is -2.06. The molecule has 0 aliphatic heterocycles. The lowest BCUT2D eigenvalue weighted by atomic mass is 10.3. The van der Waals surface area contributed by atoms with Crippen LogP contribution in [0.5, 0.6) is 0 Å². The van der Waals surface area contributed by atoms with Crippen molar-refractivity contribution in [2.75, 3.05) is 6.54 Å². The van der Waals surface area contributed by atoms with Crippen molar-refractivity contribution in [3.05, 3.63) is 52.5 Å². The Bertz CT molecular complexity index is 1150. The molecule has 26 heavy (non-hydrogen) atoms. The minimum absolute atomic E-state index is 0.140. The number of hydrogen-bond donors (Lipinski definition) is 1. The molecule has 134 valence electrons. The molecule has 1 amide bonds. The molecule has 0 atom stereocenters. The fraction of sp³-hybridized carbons (Fsp3) is 0.278. The van der Waals surface area contributed by atoms with Crippen molar-refractivity contribution in [2.24, 2.45) is 7.05 Å². The first kappa shape index (κ1) is 16.2. The van der Waals surface area contributed by atoms with Gasteiger partial charge in [0, 0.05) is 26.1 Å². The van der Waals surface area contributed by atoms with E-state index in [-0.39, 0.29) is 18.0 Å². The zero-order chi connectivity index (χ0) is 18.3. The molecule has 0 saturated carbocycles. The number of carbonyl (C=O) groups excluding carboxylic acids is 1. The summed E-state index contributed by atoms with van der Waals surface area (Å²) in [6.07, 6.45) is 3.75. The molecule has 8 nitrogen and oxygen atoms in total. The fourth-order valence-electron chi connectivity index (χ4n) is 3.12. The summed E-state index contributed by atoms with van der Waals surface area (Å²) in [6.45, 7) is 2.14. The van der Waals surface area contributed by atoms with Crippen molar-refractivity contribution >= 4 is 27.9 Å². The van der Waals surface area contributed by atoms with Crippen molar-refractivity contribution in [1.29, 1.82) is 0 Å². The van der Waals surface area contributed by atoms with E-state index in [0.29, 0.717) is 29.5 Å². The van der Waals surface area contributed by atoms with Crippen LogP contribution in [-0.2, 0) is 24.8 Å². The number of aromatic nitrogens is 3. The molecule has 0 fully saturated rings. The van der Waals surface area contributed by atoms with E-state index in [1.54, 1.807) is 30.1 Å². The highest BCUT2D eigenvalue weighted by Crippen LogP contribution is 2.27. The molecule has 0 unspecified atom stereocenters. The summed E-state index contributed by atoms with van der Waals surface area (Å²) in [5.74, 6) is 1.29. The van der Waals surface area contributed by atoms with E-state index in [2.05, 4.69) is 10.4 Å². The predicted molar refractivity (Wildman–Crippen MR) is 94.9 cm³/mol. The minimum Gasteiger partial charge on any atom is -0.469 e. The molecule has 4 heterocycles. The van der Waals surface area contributed by atoms with Crippen molar-refractivity contribution in [3.63, 3.8) is 0 Å². The second kappa shape index (κ2) is 6.21. The number of nitrogens with one attached hydrogen (secondary N) is 1. The van der Waals surface area contributed by atoms with Crippen molar-refractivity contribution in [1.82, 2.24) is 19.7 Å². The highest BCUT2D eigenvalue weighted by Gasteiger charge is 2.18. The Morgan fingerprint density at radius 1 is 1.38 bits per heavy atom. The van der Waals surface area contributed by atoms with Gasteiger partial charge in [0.2, 0.25) is 5.91 Å². The third-order valence-electron chi connectivity index (χ3n) is 4.36. The van der Waals surface area contributed by atoms with Crippen LogP contribution in [0.2, 0.25) is 0 Å². The van der Waals surface area contributed by atoms with Crippen LogP contribution in [0.1, 0.15) is 11.5 Å². The number of aryl methyl sites for hydroxylation is 2. The Labute approximate surface area is 148 Å². The summed E-state index contributed by atoms with van der Waals surface area (Å²) in [5.41, 5.74) is 1.61. The summed E-state index contributed by atoms with van der Waals surface area (Å²) in [6, 6.07) is 5.52. The molecule has 0 aliphatic rings. The van der Waals surface area contributed by atoms with E-state index >= 15 is 0 Å². The smallest absolute Gasteiger partial charge is 0.291 e. The Morgan fingerprint density at radius 2 is 2.23 bits per heavy atom. The van der Waals surface area contributed by atoms with Gasteiger partial charge in [-0.3, -0.25) is 9.59 Å². The summed E-state index contributed by atoms with van der Waals surface area (Å²) in [4.78, 5) is 24.9. The molecule has 1 N–H and O–H groups in total. The number of hydrogen-bond acceptors (Lipinski definition) is 5. The number of amides is 1. The van der Waals surface area contributed by atoms with Gasteiger partial charge in [-0.25, -0.2) is 4.68 Å². The quantitative estimate of drug-likeness (QED) is 0.589. The lowest BCUT2D eigenvalue weighted by Crippen LogP contribution is -2.34. The topological polar surface area (TPSA) is 95.2 Å². The van der Waals surface area contributed by atoms with Crippen LogP contribution in [-0.4, -0.2) is 26.8 Å². The minimum atomic E-state index is -0.324. The van der Waals surface area contributed by atoms with Crippen LogP contribution in [0.15, 0.2) is 44.3 Å². The normalized spacial score (nSPS) is 11.5. The molecular formula is C18H18N4O4. The first-order valence-electron chi connectivity index (χ1n) is 8.28.